The molecule has 2 aromatic carbocycles. The number of rotatable bonds is 3. The summed E-state index contributed by atoms with van der Waals surface area (Å²) in [6.07, 6.45) is 2.20. The molecular weight excluding hydrogens is 238 g/mol. The average molecular weight is 255 g/mol. The molecule has 0 amide bonds. The van der Waals surface area contributed by atoms with Crippen molar-refractivity contribution in [2.45, 2.75) is 25.4 Å². The third kappa shape index (κ3) is 2.42. The summed E-state index contributed by atoms with van der Waals surface area (Å²) in [5.41, 5.74) is 3.58. The van der Waals surface area contributed by atoms with Crippen LogP contribution in [0.3, 0.4) is 0 Å². The molecule has 3 nitrogen and oxygen atoms in total. The van der Waals surface area contributed by atoms with Crippen LogP contribution in [0.25, 0.3) is 0 Å². The van der Waals surface area contributed by atoms with E-state index >= 15 is 0 Å². The average Bonchev–Trinajstić information content (AvgIpc) is 2.81. The molecule has 1 aliphatic carbocycles. The van der Waals surface area contributed by atoms with Crippen molar-refractivity contribution in [2.75, 3.05) is 0 Å². The summed E-state index contributed by atoms with van der Waals surface area (Å²) >= 11 is 0. The number of phenols is 2. The van der Waals surface area contributed by atoms with Crippen molar-refractivity contribution in [1.82, 2.24) is 5.32 Å². The smallest absolute Gasteiger partial charge is 0.123 e. The van der Waals surface area contributed by atoms with Crippen molar-refractivity contribution < 1.29 is 10.2 Å². The quantitative estimate of drug-likeness (QED) is 0.790. The van der Waals surface area contributed by atoms with Gasteiger partial charge in [0, 0.05) is 24.2 Å². The zero-order valence-electron chi connectivity index (χ0n) is 10.6. The summed E-state index contributed by atoms with van der Waals surface area (Å²) < 4.78 is 0. The molecular formula is C16H17NO2. The monoisotopic (exact) mass is 255 g/mol. The van der Waals surface area contributed by atoms with E-state index in [0.717, 1.165) is 18.4 Å². The summed E-state index contributed by atoms with van der Waals surface area (Å²) in [5.74, 6) is 0.228. The summed E-state index contributed by atoms with van der Waals surface area (Å²) in [6.45, 7) is 0.602. The molecule has 1 unspecified atom stereocenters. The predicted octanol–water partition coefficient (Wildman–Crippen LogP) is 2.87. The fraction of sp³-hybridized carbons (Fsp3) is 0.250. The van der Waals surface area contributed by atoms with E-state index in [0.29, 0.717) is 12.6 Å². The largest absolute Gasteiger partial charge is 0.508 e. The summed E-state index contributed by atoms with van der Waals surface area (Å²) in [5, 5.41) is 22.5. The third-order valence-electron chi connectivity index (χ3n) is 3.74. The van der Waals surface area contributed by atoms with E-state index in [4.69, 9.17) is 0 Å². The molecule has 0 aliphatic heterocycles. The standard InChI is InChI=1S/C16H17NO2/c18-13-7-5-12(16(19)9-13)10-17-15-8-6-11-3-1-2-4-14(11)15/h1-5,7,9,15,17-19H,6,8,10H2. The molecule has 98 valence electrons. The Kier molecular flexibility index (Phi) is 3.13. The lowest BCUT2D eigenvalue weighted by Gasteiger charge is -2.14. The SMILES string of the molecule is Oc1ccc(CNC2CCc3ccccc32)c(O)c1. The van der Waals surface area contributed by atoms with E-state index in [1.807, 2.05) is 0 Å². The molecule has 3 rings (SSSR count). The van der Waals surface area contributed by atoms with Crippen LogP contribution in [0.5, 0.6) is 11.5 Å². The van der Waals surface area contributed by atoms with Crippen molar-refractivity contribution in [1.29, 1.82) is 0 Å². The van der Waals surface area contributed by atoms with Gasteiger partial charge in [0.05, 0.1) is 0 Å². The first-order chi connectivity index (χ1) is 9.24. The van der Waals surface area contributed by atoms with Gasteiger partial charge < -0.3 is 15.5 Å². The molecule has 3 heteroatoms. The van der Waals surface area contributed by atoms with Crippen LogP contribution >= 0.6 is 0 Å². The van der Waals surface area contributed by atoms with Gasteiger partial charge in [0.2, 0.25) is 0 Å². The zero-order valence-corrected chi connectivity index (χ0v) is 10.6. The third-order valence-corrected chi connectivity index (χ3v) is 3.74. The molecule has 1 atom stereocenters. The molecule has 0 heterocycles. The van der Waals surface area contributed by atoms with Crippen molar-refractivity contribution >= 4 is 0 Å². The molecule has 0 aromatic heterocycles. The highest BCUT2D eigenvalue weighted by Gasteiger charge is 2.21. The number of phenolic OH excluding ortho intramolecular Hbond substituents is 2. The first-order valence-corrected chi connectivity index (χ1v) is 6.56. The van der Waals surface area contributed by atoms with Gasteiger partial charge in [-0.05, 0) is 30.0 Å². The minimum Gasteiger partial charge on any atom is -0.508 e. The lowest BCUT2D eigenvalue weighted by Crippen LogP contribution is -2.18. The normalized spacial score (nSPS) is 17.4. The van der Waals surface area contributed by atoms with Gasteiger partial charge >= 0.3 is 0 Å². The Hall–Kier alpha value is -2.00. The topological polar surface area (TPSA) is 52.5 Å². The van der Waals surface area contributed by atoms with Gasteiger partial charge in [0.15, 0.2) is 0 Å². The van der Waals surface area contributed by atoms with Crippen LogP contribution in [-0.2, 0) is 13.0 Å². The van der Waals surface area contributed by atoms with Crippen molar-refractivity contribution in [3.63, 3.8) is 0 Å². The molecule has 0 saturated carbocycles. The maximum Gasteiger partial charge on any atom is 0.123 e. The number of aryl methyl sites for hydroxylation is 1. The van der Waals surface area contributed by atoms with Gasteiger partial charge in [-0.25, -0.2) is 0 Å². The van der Waals surface area contributed by atoms with E-state index in [9.17, 15) is 10.2 Å². The molecule has 3 N–H and O–H groups in total. The van der Waals surface area contributed by atoms with Gasteiger partial charge in [-0.1, -0.05) is 30.3 Å². The number of aromatic hydroxyl groups is 2. The highest BCUT2D eigenvalue weighted by molar-refractivity contribution is 5.39. The molecule has 1 aliphatic rings. The Morgan fingerprint density at radius 2 is 1.95 bits per heavy atom. The highest BCUT2D eigenvalue weighted by atomic mass is 16.3. The number of nitrogens with one attached hydrogen (secondary N) is 1. The summed E-state index contributed by atoms with van der Waals surface area (Å²) in [7, 11) is 0. The van der Waals surface area contributed by atoms with Gasteiger partial charge in [0.1, 0.15) is 11.5 Å². The number of hydrogen-bond acceptors (Lipinski definition) is 3. The van der Waals surface area contributed by atoms with E-state index in [1.165, 1.54) is 17.2 Å². The lowest BCUT2D eigenvalue weighted by atomic mass is 10.1. The molecule has 0 fully saturated rings. The Labute approximate surface area is 112 Å². The van der Waals surface area contributed by atoms with Crippen LogP contribution in [0.15, 0.2) is 42.5 Å². The maximum atomic E-state index is 9.76. The van der Waals surface area contributed by atoms with E-state index < -0.39 is 0 Å². The first kappa shape index (κ1) is 12.1. The van der Waals surface area contributed by atoms with Gasteiger partial charge in [0.25, 0.3) is 0 Å². The van der Waals surface area contributed by atoms with E-state index in [-0.39, 0.29) is 11.5 Å². The lowest BCUT2D eigenvalue weighted by molar-refractivity contribution is 0.439. The Morgan fingerprint density at radius 3 is 2.79 bits per heavy atom. The molecule has 0 saturated heterocycles. The van der Waals surface area contributed by atoms with Crippen LogP contribution in [0.1, 0.15) is 29.2 Å². The number of fused-ring (bicyclic) bond motifs is 1. The van der Waals surface area contributed by atoms with Crippen molar-refractivity contribution in [3.8, 4) is 11.5 Å². The van der Waals surface area contributed by atoms with Crippen LogP contribution in [0.2, 0.25) is 0 Å². The van der Waals surface area contributed by atoms with E-state index in [1.54, 1.807) is 12.1 Å². The minimum atomic E-state index is 0.0902. The summed E-state index contributed by atoms with van der Waals surface area (Å²) in [6, 6.07) is 13.6. The molecule has 2 aromatic rings. The van der Waals surface area contributed by atoms with E-state index in [2.05, 4.69) is 29.6 Å². The second-order valence-electron chi connectivity index (χ2n) is 4.98. The molecule has 0 radical (unpaired) electrons. The highest BCUT2D eigenvalue weighted by Crippen LogP contribution is 2.31. The van der Waals surface area contributed by atoms with Gasteiger partial charge in [-0.2, -0.15) is 0 Å². The Bertz CT molecular complexity index is 595. The molecule has 19 heavy (non-hydrogen) atoms. The number of benzene rings is 2. The van der Waals surface area contributed by atoms with Crippen molar-refractivity contribution in [3.05, 3.63) is 59.2 Å². The van der Waals surface area contributed by atoms with Crippen LogP contribution in [0.4, 0.5) is 0 Å². The Morgan fingerprint density at radius 1 is 1.11 bits per heavy atom. The second-order valence-corrected chi connectivity index (χ2v) is 4.98. The van der Waals surface area contributed by atoms with Crippen LogP contribution < -0.4 is 5.32 Å². The Balaban J connectivity index is 1.71. The van der Waals surface area contributed by atoms with Gasteiger partial charge in [-0.15, -0.1) is 0 Å². The van der Waals surface area contributed by atoms with Crippen LogP contribution in [-0.4, -0.2) is 10.2 Å². The predicted molar refractivity (Wildman–Crippen MR) is 74.1 cm³/mol. The minimum absolute atomic E-state index is 0.0902. The fourth-order valence-corrected chi connectivity index (χ4v) is 2.70. The fourth-order valence-electron chi connectivity index (χ4n) is 2.70. The number of hydrogen-bond donors (Lipinski definition) is 3. The van der Waals surface area contributed by atoms with Crippen molar-refractivity contribution in [2.24, 2.45) is 0 Å². The first-order valence-electron chi connectivity index (χ1n) is 6.56. The molecule has 0 spiro atoms. The van der Waals surface area contributed by atoms with Crippen LogP contribution in [0, 0.1) is 0 Å². The molecule has 0 bridgehead atoms. The maximum absolute atomic E-state index is 9.76. The second kappa shape index (κ2) is 4.94. The summed E-state index contributed by atoms with van der Waals surface area (Å²) in [4.78, 5) is 0. The zero-order chi connectivity index (χ0) is 13.2. The van der Waals surface area contributed by atoms with Gasteiger partial charge in [-0.3, -0.25) is 0 Å².